The number of nitrogens with zero attached hydrogens (tertiary/aromatic N) is 6. The monoisotopic (exact) mass is 477 g/mol. The lowest BCUT2D eigenvalue weighted by Gasteiger charge is -2.27. The van der Waals surface area contributed by atoms with Gasteiger partial charge in [0, 0.05) is 6.20 Å². The summed E-state index contributed by atoms with van der Waals surface area (Å²) in [4.78, 5) is 36.7. The first-order chi connectivity index (χ1) is 16.5. The third kappa shape index (κ3) is 3.13. The Morgan fingerprint density at radius 2 is 2.15 bits per heavy atom. The topological polar surface area (TPSA) is 134 Å². The minimum atomic E-state index is -1.02. The summed E-state index contributed by atoms with van der Waals surface area (Å²) < 4.78 is 0. The number of nitrogens with two attached hydrogens (primary N) is 1. The van der Waals surface area contributed by atoms with Crippen LogP contribution in [0.5, 0.6) is 0 Å². The first kappa shape index (κ1) is 21.2. The lowest BCUT2D eigenvalue weighted by atomic mass is 9.74. The zero-order chi connectivity index (χ0) is 23.4. The number of pyridine rings is 1. The van der Waals surface area contributed by atoms with Crippen molar-refractivity contribution in [3.63, 3.8) is 0 Å². The van der Waals surface area contributed by atoms with Crippen molar-refractivity contribution in [3.8, 4) is 0 Å². The molecule has 1 atom stereocenters. The number of hydrogen-bond donors (Lipinski definition) is 3. The van der Waals surface area contributed by atoms with Gasteiger partial charge in [-0.3, -0.25) is 14.8 Å². The van der Waals surface area contributed by atoms with Crippen LogP contribution < -0.4 is 16.5 Å². The predicted octanol–water partition coefficient (Wildman–Crippen LogP) is 2.87. The first-order valence-electron chi connectivity index (χ1n) is 11.5. The number of amides is 1. The van der Waals surface area contributed by atoms with Crippen LogP contribution in [0.25, 0.3) is 5.70 Å². The van der Waals surface area contributed by atoms with Crippen molar-refractivity contribution < 1.29 is 4.79 Å². The van der Waals surface area contributed by atoms with Gasteiger partial charge in [-0.1, -0.05) is 24.9 Å². The minimum Gasteiger partial charge on any atom is -0.383 e. The largest absolute Gasteiger partial charge is 0.383 e. The smallest absolute Gasteiger partial charge is 0.242 e. The number of nitrogen functional groups attached to an aromatic ring is 1. The number of aromatic nitrogens is 3. The fourth-order valence-electron chi connectivity index (χ4n) is 5.00. The second-order valence-corrected chi connectivity index (χ2v) is 9.33. The standard InChI is InChI=1S/C23H24ClN9O/c1-2-3-4-14-21-27-11-28-33(21)10-15(29-14)19-30-18(25)17-20(31-19)32-22(34)23(17,12-5-6-12)16-8-7-13(24)9-26-16/h7-10,12,28H,2-6,11H2,1H3,(H3,25,30,31,32,34). The number of fused-ring (bicyclic) bond motifs is 2. The molecule has 174 valence electrons. The summed E-state index contributed by atoms with van der Waals surface area (Å²) in [6, 6.07) is 3.53. The van der Waals surface area contributed by atoms with Crippen molar-refractivity contribution in [2.45, 2.75) is 44.4 Å². The van der Waals surface area contributed by atoms with Crippen molar-refractivity contribution in [2.75, 3.05) is 17.7 Å². The van der Waals surface area contributed by atoms with Gasteiger partial charge < -0.3 is 11.1 Å². The summed E-state index contributed by atoms with van der Waals surface area (Å²) in [5.41, 5.74) is 11.4. The normalized spacial score (nSPS) is 23.2. The van der Waals surface area contributed by atoms with Gasteiger partial charge in [0.05, 0.1) is 28.2 Å². The molecule has 2 aromatic rings. The van der Waals surface area contributed by atoms with Crippen molar-refractivity contribution in [1.82, 2.24) is 25.4 Å². The maximum absolute atomic E-state index is 13.5. The van der Waals surface area contributed by atoms with Gasteiger partial charge >= 0.3 is 0 Å². The van der Waals surface area contributed by atoms with Crippen LogP contribution in [0.15, 0.2) is 34.5 Å². The van der Waals surface area contributed by atoms with Crippen molar-refractivity contribution in [3.05, 3.63) is 46.6 Å². The quantitative estimate of drug-likeness (QED) is 0.582. The minimum absolute atomic E-state index is 0.0827. The van der Waals surface area contributed by atoms with E-state index in [4.69, 9.17) is 27.3 Å². The lowest BCUT2D eigenvalue weighted by molar-refractivity contribution is -0.120. The van der Waals surface area contributed by atoms with Crippen molar-refractivity contribution in [2.24, 2.45) is 15.9 Å². The Kier molecular flexibility index (Phi) is 4.89. The number of anilines is 2. The molecule has 0 bridgehead atoms. The number of rotatable bonds is 6. The fraction of sp³-hybridized carbons (Fsp3) is 0.391. The van der Waals surface area contributed by atoms with E-state index in [9.17, 15) is 4.79 Å². The predicted molar refractivity (Wildman–Crippen MR) is 130 cm³/mol. The van der Waals surface area contributed by atoms with Crippen LogP contribution in [0.4, 0.5) is 11.6 Å². The van der Waals surface area contributed by atoms with Gasteiger partial charge in [0.15, 0.2) is 11.7 Å². The molecule has 0 radical (unpaired) electrons. The highest BCUT2D eigenvalue weighted by Gasteiger charge is 2.60. The number of amidine groups is 1. The van der Waals surface area contributed by atoms with Crippen LogP contribution in [-0.4, -0.2) is 44.1 Å². The van der Waals surface area contributed by atoms with Gasteiger partial charge in [-0.15, -0.1) is 0 Å². The van der Waals surface area contributed by atoms with Crippen LogP contribution in [0, 0.1) is 5.92 Å². The molecule has 0 spiro atoms. The maximum Gasteiger partial charge on any atom is 0.242 e. The molecule has 3 aliphatic heterocycles. The first-order valence-corrected chi connectivity index (χ1v) is 11.9. The van der Waals surface area contributed by atoms with Crippen LogP contribution in [0.3, 0.4) is 0 Å². The Bertz CT molecular complexity index is 1280. The second kappa shape index (κ2) is 7.85. The van der Waals surface area contributed by atoms with E-state index in [1.54, 1.807) is 18.3 Å². The average molecular weight is 478 g/mol. The maximum atomic E-state index is 13.5. The highest BCUT2D eigenvalue weighted by atomic mass is 35.5. The Hall–Kier alpha value is -3.37. The molecule has 5 heterocycles. The molecule has 2 aromatic heterocycles. The molecular formula is C23H24ClN9O. The molecule has 1 fully saturated rings. The molecule has 0 aromatic carbocycles. The number of nitrogens with one attached hydrogen (secondary N) is 2. The van der Waals surface area contributed by atoms with E-state index in [0.717, 1.165) is 43.7 Å². The number of carbonyl (C=O) groups excluding carboxylic acids is 1. The van der Waals surface area contributed by atoms with E-state index in [0.29, 0.717) is 40.3 Å². The number of hydrazine groups is 1. The Balaban J connectivity index is 1.45. The zero-order valence-electron chi connectivity index (χ0n) is 18.7. The summed E-state index contributed by atoms with van der Waals surface area (Å²) in [6.07, 6.45) is 8.02. The zero-order valence-corrected chi connectivity index (χ0v) is 19.4. The van der Waals surface area contributed by atoms with E-state index in [2.05, 4.69) is 32.6 Å². The Labute approximate surface area is 201 Å². The molecule has 4 aliphatic rings. The summed E-state index contributed by atoms with van der Waals surface area (Å²) >= 11 is 6.07. The summed E-state index contributed by atoms with van der Waals surface area (Å²) in [7, 11) is 0. The molecule has 11 heteroatoms. The Morgan fingerprint density at radius 1 is 1.29 bits per heavy atom. The number of aliphatic imine (C=N–C) groups is 2. The third-order valence-corrected chi connectivity index (χ3v) is 6.93. The number of hydrogen-bond acceptors (Lipinski definition) is 9. The molecule has 34 heavy (non-hydrogen) atoms. The molecule has 1 amide bonds. The van der Waals surface area contributed by atoms with Crippen molar-refractivity contribution >= 4 is 46.4 Å². The van der Waals surface area contributed by atoms with Gasteiger partial charge in [0.1, 0.15) is 29.4 Å². The van der Waals surface area contributed by atoms with Gasteiger partial charge in [-0.2, -0.15) is 0 Å². The van der Waals surface area contributed by atoms with Gasteiger partial charge in [-0.05, 0) is 43.7 Å². The van der Waals surface area contributed by atoms with Crippen LogP contribution >= 0.6 is 11.6 Å². The molecule has 1 unspecified atom stereocenters. The van der Waals surface area contributed by atoms with Gasteiger partial charge in [0.25, 0.3) is 0 Å². The number of unbranched alkanes of at least 4 members (excludes halogenated alkanes) is 1. The van der Waals surface area contributed by atoms with Crippen molar-refractivity contribution in [1.29, 1.82) is 0 Å². The molecule has 1 aliphatic carbocycles. The fourth-order valence-corrected chi connectivity index (χ4v) is 5.11. The molecule has 1 saturated carbocycles. The summed E-state index contributed by atoms with van der Waals surface area (Å²) in [5, 5.41) is 5.32. The Morgan fingerprint density at radius 3 is 2.88 bits per heavy atom. The SMILES string of the molecule is CCCCC1=NC(c2nc(N)c3c(n2)NC(=O)C3(c2ccc(Cl)cn2)C2CC2)=CN2NCN=C12. The van der Waals surface area contributed by atoms with E-state index in [-0.39, 0.29) is 17.6 Å². The summed E-state index contributed by atoms with van der Waals surface area (Å²) in [5.74, 6) is 1.74. The summed E-state index contributed by atoms with van der Waals surface area (Å²) in [6.45, 7) is 2.63. The van der Waals surface area contributed by atoms with Crippen LogP contribution in [0.1, 0.15) is 56.1 Å². The highest BCUT2D eigenvalue weighted by molar-refractivity contribution is 6.43. The molecule has 0 saturated heterocycles. The van der Waals surface area contributed by atoms with E-state index in [1.165, 1.54) is 0 Å². The van der Waals surface area contributed by atoms with Crippen LogP contribution in [-0.2, 0) is 10.2 Å². The average Bonchev–Trinajstić information content (AvgIpc) is 3.48. The van der Waals surface area contributed by atoms with E-state index >= 15 is 0 Å². The molecule has 4 N–H and O–H groups in total. The van der Waals surface area contributed by atoms with E-state index < -0.39 is 5.41 Å². The number of carbonyl (C=O) groups is 1. The second-order valence-electron chi connectivity index (χ2n) is 8.90. The highest BCUT2D eigenvalue weighted by Crippen LogP contribution is 2.57. The molecule has 10 nitrogen and oxygen atoms in total. The number of halogens is 1. The van der Waals surface area contributed by atoms with Crippen LogP contribution in [0.2, 0.25) is 5.02 Å². The lowest BCUT2D eigenvalue weighted by Crippen LogP contribution is -2.39. The van der Waals surface area contributed by atoms with Gasteiger partial charge in [0.2, 0.25) is 5.91 Å². The third-order valence-electron chi connectivity index (χ3n) is 6.70. The van der Waals surface area contributed by atoms with Gasteiger partial charge in [-0.25, -0.2) is 25.4 Å². The molecule has 6 rings (SSSR count). The van der Waals surface area contributed by atoms with E-state index in [1.807, 2.05) is 11.2 Å². The molecular weight excluding hydrogens is 454 g/mol.